The fourth-order valence-electron chi connectivity index (χ4n) is 1.75. The molecular formula is C13H16FN3. The predicted octanol–water partition coefficient (Wildman–Crippen LogP) is 2.60. The van der Waals surface area contributed by atoms with Crippen LogP contribution in [0, 0.1) is 5.82 Å². The molecule has 0 radical (unpaired) electrons. The molecule has 1 aromatic carbocycles. The summed E-state index contributed by atoms with van der Waals surface area (Å²) >= 11 is 0. The molecule has 0 bridgehead atoms. The van der Waals surface area contributed by atoms with Crippen molar-refractivity contribution in [3.8, 4) is 0 Å². The maximum atomic E-state index is 12.8. The van der Waals surface area contributed by atoms with Gasteiger partial charge in [-0.05, 0) is 31.0 Å². The van der Waals surface area contributed by atoms with Crippen molar-refractivity contribution in [1.82, 2.24) is 9.55 Å². The van der Waals surface area contributed by atoms with Crippen LogP contribution < -0.4 is 5.32 Å². The third-order valence-electron chi connectivity index (χ3n) is 2.65. The van der Waals surface area contributed by atoms with Gasteiger partial charge in [-0.15, -0.1) is 0 Å². The SMILES string of the molecule is CC(Cc1ccc(F)cc1)Nc1nccn1C. The Morgan fingerprint density at radius 3 is 2.65 bits per heavy atom. The molecule has 1 atom stereocenters. The van der Waals surface area contributed by atoms with Crippen LogP contribution in [-0.2, 0) is 13.5 Å². The van der Waals surface area contributed by atoms with Gasteiger partial charge in [0.05, 0.1) is 0 Å². The molecule has 0 spiro atoms. The smallest absolute Gasteiger partial charge is 0.202 e. The third-order valence-corrected chi connectivity index (χ3v) is 2.65. The molecule has 3 nitrogen and oxygen atoms in total. The van der Waals surface area contributed by atoms with E-state index >= 15 is 0 Å². The highest BCUT2D eigenvalue weighted by molar-refractivity contribution is 5.28. The molecule has 90 valence electrons. The zero-order valence-corrected chi connectivity index (χ0v) is 10.0. The van der Waals surface area contributed by atoms with Gasteiger partial charge in [0.2, 0.25) is 5.95 Å². The standard InChI is InChI=1S/C13H16FN3/c1-10(16-13-15-7-8-17(13)2)9-11-3-5-12(14)6-4-11/h3-8,10H,9H2,1-2H3,(H,15,16). The number of benzene rings is 1. The van der Waals surface area contributed by atoms with Crippen molar-refractivity contribution in [3.05, 3.63) is 48.0 Å². The molecule has 17 heavy (non-hydrogen) atoms. The van der Waals surface area contributed by atoms with Crippen LogP contribution in [0.1, 0.15) is 12.5 Å². The molecule has 0 aliphatic heterocycles. The molecule has 2 aromatic rings. The van der Waals surface area contributed by atoms with E-state index in [0.29, 0.717) is 0 Å². The predicted molar refractivity (Wildman–Crippen MR) is 66.4 cm³/mol. The average molecular weight is 233 g/mol. The summed E-state index contributed by atoms with van der Waals surface area (Å²) in [5.74, 6) is 0.651. The Morgan fingerprint density at radius 1 is 1.35 bits per heavy atom. The Hall–Kier alpha value is -1.84. The van der Waals surface area contributed by atoms with Crippen molar-refractivity contribution in [2.75, 3.05) is 5.32 Å². The maximum Gasteiger partial charge on any atom is 0.202 e. The summed E-state index contributed by atoms with van der Waals surface area (Å²) < 4.78 is 14.7. The summed E-state index contributed by atoms with van der Waals surface area (Å²) in [6.07, 6.45) is 4.49. The molecule has 0 amide bonds. The lowest BCUT2D eigenvalue weighted by Crippen LogP contribution is -2.20. The van der Waals surface area contributed by atoms with Gasteiger partial charge in [-0.3, -0.25) is 0 Å². The number of halogens is 1. The van der Waals surface area contributed by atoms with Gasteiger partial charge in [0.15, 0.2) is 0 Å². The maximum absolute atomic E-state index is 12.8. The van der Waals surface area contributed by atoms with E-state index in [0.717, 1.165) is 17.9 Å². The molecule has 1 aromatic heterocycles. The largest absolute Gasteiger partial charge is 0.353 e. The Bertz CT molecular complexity index is 476. The van der Waals surface area contributed by atoms with Crippen molar-refractivity contribution in [3.63, 3.8) is 0 Å². The molecule has 1 unspecified atom stereocenters. The second-order valence-corrected chi connectivity index (χ2v) is 4.24. The van der Waals surface area contributed by atoms with Crippen LogP contribution in [0.3, 0.4) is 0 Å². The molecule has 0 aliphatic carbocycles. The van der Waals surface area contributed by atoms with E-state index in [2.05, 4.69) is 17.2 Å². The molecule has 1 N–H and O–H groups in total. The first-order valence-corrected chi connectivity index (χ1v) is 5.63. The molecule has 4 heteroatoms. The highest BCUT2D eigenvalue weighted by atomic mass is 19.1. The van der Waals surface area contributed by atoms with Crippen molar-refractivity contribution in [2.24, 2.45) is 7.05 Å². The number of rotatable bonds is 4. The quantitative estimate of drug-likeness (QED) is 0.879. The van der Waals surface area contributed by atoms with Gasteiger partial charge in [0.25, 0.3) is 0 Å². The van der Waals surface area contributed by atoms with E-state index in [9.17, 15) is 4.39 Å². The van der Waals surface area contributed by atoms with Crippen LogP contribution in [0.5, 0.6) is 0 Å². The number of anilines is 1. The lowest BCUT2D eigenvalue weighted by atomic mass is 10.1. The van der Waals surface area contributed by atoms with E-state index in [-0.39, 0.29) is 11.9 Å². The molecule has 0 saturated heterocycles. The summed E-state index contributed by atoms with van der Waals surface area (Å²) in [7, 11) is 1.94. The Labute approximate surface area is 100 Å². The van der Waals surface area contributed by atoms with Crippen LogP contribution in [0.15, 0.2) is 36.7 Å². The minimum Gasteiger partial charge on any atom is -0.353 e. The number of hydrogen-bond donors (Lipinski definition) is 1. The zero-order valence-electron chi connectivity index (χ0n) is 10.0. The molecular weight excluding hydrogens is 217 g/mol. The number of imidazole rings is 1. The third kappa shape index (κ3) is 3.06. The molecule has 0 aliphatic rings. The second kappa shape index (κ2) is 4.99. The number of aromatic nitrogens is 2. The number of nitrogens with one attached hydrogen (secondary N) is 1. The number of nitrogens with zero attached hydrogens (tertiary/aromatic N) is 2. The number of aryl methyl sites for hydroxylation is 1. The number of hydrogen-bond acceptors (Lipinski definition) is 2. The first-order chi connectivity index (χ1) is 8.15. The minimum absolute atomic E-state index is 0.196. The van der Waals surface area contributed by atoms with Gasteiger partial charge in [-0.1, -0.05) is 12.1 Å². The van der Waals surface area contributed by atoms with E-state index in [4.69, 9.17) is 0 Å². The Kier molecular flexibility index (Phi) is 3.42. The minimum atomic E-state index is -0.196. The lowest BCUT2D eigenvalue weighted by molar-refractivity contribution is 0.626. The highest BCUT2D eigenvalue weighted by Gasteiger charge is 2.06. The van der Waals surface area contributed by atoms with E-state index in [1.54, 1.807) is 6.20 Å². The zero-order chi connectivity index (χ0) is 12.3. The first kappa shape index (κ1) is 11.6. The van der Waals surface area contributed by atoms with Gasteiger partial charge >= 0.3 is 0 Å². The van der Waals surface area contributed by atoms with Crippen molar-refractivity contribution in [1.29, 1.82) is 0 Å². The van der Waals surface area contributed by atoms with E-state index < -0.39 is 0 Å². The summed E-state index contributed by atoms with van der Waals surface area (Å²) in [5.41, 5.74) is 1.11. The monoisotopic (exact) mass is 233 g/mol. The van der Waals surface area contributed by atoms with Crippen LogP contribution >= 0.6 is 0 Å². The summed E-state index contributed by atoms with van der Waals surface area (Å²) in [4.78, 5) is 4.20. The van der Waals surface area contributed by atoms with Crippen molar-refractivity contribution in [2.45, 2.75) is 19.4 Å². The van der Waals surface area contributed by atoms with Gasteiger partial charge in [-0.25, -0.2) is 9.37 Å². The van der Waals surface area contributed by atoms with Gasteiger partial charge in [-0.2, -0.15) is 0 Å². The summed E-state index contributed by atoms with van der Waals surface area (Å²) in [5, 5.41) is 3.31. The topological polar surface area (TPSA) is 29.9 Å². The van der Waals surface area contributed by atoms with Crippen LogP contribution in [0.4, 0.5) is 10.3 Å². The second-order valence-electron chi connectivity index (χ2n) is 4.24. The van der Waals surface area contributed by atoms with Gasteiger partial charge < -0.3 is 9.88 Å². The normalized spacial score (nSPS) is 12.4. The fourth-order valence-corrected chi connectivity index (χ4v) is 1.75. The Morgan fingerprint density at radius 2 is 2.06 bits per heavy atom. The van der Waals surface area contributed by atoms with Crippen LogP contribution in [-0.4, -0.2) is 15.6 Å². The van der Waals surface area contributed by atoms with Crippen LogP contribution in [0.25, 0.3) is 0 Å². The first-order valence-electron chi connectivity index (χ1n) is 5.63. The molecule has 1 heterocycles. The van der Waals surface area contributed by atoms with Crippen molar-refractivity contribution >= 4 is 5.95 Å². The summed E-state index contributed by atoms with van der Waals surface area (Å²) in [6, 6.07) is 6.85. The highest BCUT2D eigenvalue weighted by Crippen LogP contribution is 2.09. The van der Waals surface area contributed by atoms with Crippen LogP contribution in [0.2, 0.25) is 0 Å². The molecule has 2 rings (SSSR count). The summed E-state index contributed by atoms with van der Waals surface area (Å²) in [6.45, 7) is 2.08. The molecule has 0 fully saturated rings. The average Bonchev–Trinajstić information content (AvgIpc) is 2.68. The Balaban J connectivity index is 1.95. The molecule has 0 saturated carbocycles. The van der Waals surface area contributed by atoms with Gasteiger partial charge in [0, 0.05) is 25.5 Å². The fraction of sp³-hybridized carbons (Fsp3) is 0.308. The van der Waals surface area contributed by atoms with Crippen molar-refractivity contribution < 1.29 is 4.39 Å². The van der Waals surface area contributed by atoms with Gasteiger partial charge in [0.1, 0.15) is 5.82 Å². The lowest BCUT2D eigenvalue weighted by Gasteiger charge is -2.14. The van der Waals surface area contributed by atoms with E-state index in [1.807, 2.05) is 29.9 Å². The van der Waals surface area contributed by atoms with E-state index in [1.165, 1.54) is 12.1 Å².